The number of carbonyl (C=O) groups is 1. The van der Waals surface area contributed by atoms with Gasteiger partial charge in [0, 0.05) is 0 Å². The van der Waals surface area contributed by atoms with Crippen LogP contribution in [0.3, 0.4) is 0 Å². The molecule has 0 bridgehead atoms. The van der Waals surface area contributed by atoms with Gasteiger partial charge < -0.3 is 15.2 Å². The zero-order chi connectivity index (χ0) is 16.7. The number of phenolic OH excluding ortho intramolecular Hbond substituents is 1. The molecule has 120 valence electrons. The lowest BCUT2D eigenvalue weighted by atomic mass is 10.2. The first kappa shape index (κ1) is 16.8. The molecular formula is C17H18N2O3S. The van der Waals surface area contributed by atoms with Crippen LogP contribution in [0.25, 0.3) is 0 Å². The third kappa shape index (κ3) is 5.27. The normalized spacial score (nSPS) is 9.96. The Hall–Kier alpha value is -2.60. The number of aryl methyl sites for hydroxylation is 1. The summed E-state index contributed by atoms with van der Waals surface area (Å²) in [5.74, 6) is 0.297. The van der Waals surface area contributed by atoms with E-state index in [0.29, 0.717) is 11.4 Å². The number of hydrogen-bond donors (Lipinski definition) is 3. The molecule has 2 rings (SSSR count). The van der Waals surface area contributed by atoms with Crippen molar-refractivity contribution in [3.8, 4) is 11.5 Å². The Kier molecular flexibility index (Phi) is 5.94. The lowest BCUT2D eigenvalue weighted by Gasteiger charge is -2.11. The molecule has 6 heteroatoms. The Morgan fingerprint density at radius 2 is 1.87 bits per heavy atom. The number of aromatic hydroxyl groups is 1. The van der Waals surface area contributed by atoms with Crippen molar-refractivity contribution in [3.05, 3.63) is 54.1 Å². The first-order valence-electron chi connectivity index (χ1n) is 7.19. The van der Waals surface area contributed by atoms with Gasteiger partial charge >= 0.3 is 0 Å². The van der Waals surface area contributed by atoms with Crippen LogP contribution in [0.1, 0.15) is 12.5 Å². The molecule has 3 N–H and O–H groups in total. The van der Waals surface area contributed by atoms with E-state index in [-0.39, 0.29) is 23.4 Å². The fourth-order valence-corrected chi connectivity index (χ4v) is 2.09. The summed E-state index contributed by atoms with van der Waals surface area (Å²) >= 11 is 5.03. The van der Waals surface area contributed by atoms with E-state index in [2.05, 4.69) is 17.6 Å². The Morgan fingerprint density at radius 1 is 1.17 bits per heavy atom. The van der Waals surface area contributed by atoms with Crippen LogP contribution in [0, 0.1) is 0 Å². The summed E-state index contributed by atoms with van der Waals surface area (Å²) in [4.78, 5) is 11.8. The van der Waals surface area contributed by atoms with Gasteiger partial charge in [0.2, 0.25) is 0 Å². The first-order chi connectivity index (χ1) is 11.1. The summed E-state index contributed by atoms with van der Waals surface area (Å²) in [6, 6.07) is 14.2. The molecule has 0 radical (unpaired) electrons. The summed E-state index contributed by atoms with van der Waals surface area (Å²) in [6.07, 6.45) is 0.951. The van der Waals surface area contributed by atoms with Gasteiger partial charge in [0.05, 0.1) is 5.69 Å². The molecule has 0 aliphatic carbocycles. The van der Waals surface area contributed by atoms with Gasteiger partial charge in [0.25, 0.3) is 5.91 Å². The standard InChI is InChI=1S/C17H18N2O3S/c1-2-12-7-9-13(10-8-12)22-11-16(21)19-17(23)18-14-5-3-4-6-15(14)20/h3-10,20H,2,11H2,1H3,(H2,18,19,21,23). The minimum Gasteiger partial charge on any atom is -0.506 e. The number of carbonyl (C=O) groups excluding carboxylic acids is 1. The van der Waals surface area contributed by atoms with Crippen LogP contribution in [-0.4, -0.2) is 22.7 Å². The zero-order valence-electron chi connectivity index (χ0n) is 12.7. The van der Waals surface area contributed by atoms with Gasteiger partial charge in [-0.15, -0.1) is 0 Å². The molecule has 0 saturated heterocycles. The van der Waals surface area contributed by atoms with E-state index in [1.54, 1.807) is 18.2 Å². The second-order valence-electron chi connectivity index (χ2n) is 4.81. The Bertz CT molecular complexity index is 686. The molecule has 2 aromatic carbocycles. The quantitative estimate of drug-likeness (QED) is 0.581. The monoisotopic (exact) mass is 330 g/mol. The molecule has 0 spiro atoms. The molecular weight excluding hydrogens is 312 g/mol. The molecule has 5 nitrogen and oxygen atoms in total. The maximum absolute atomic E-state index is 11.8. The molecule has 0 aliphatic heterocycles. The molecule has 0 aliphatic rings. The van der Waals surface area contributed by atoms with Gasteiger partial charge in [-0.1, -0.05) is 31.2 Å². The molecule has 0 unspecified atom stereocenters. The molecule has 0 heterocycles. The fraction of sp³-hybridized carbons (Fsp3) is 0.176. The van der Waals surface area contributed by atoms with Gasteiger partial charge in [0.1, 0.15) is 11.5 Å². The maximum Gasteiger partial charge on any atom is 0.264 e. The number of thiocarbonyl (C=S) groups is 1. The first-order valence-corrected chi connectivity index (χ1v) is 7.60. The molecule has 0 fully saturated rings. The fourth-order valence-electron chi connectivity index (χ4n) is 1.87. The third-order valence-corrected chi connectivity index (χ3v) is 3.31. The van der Waals surface area contributed by atoms with Crippen molar-refractivity contribution in [3.63, 3.8) is 0 Å². The van der Waals surface area contributed by atoms with Crippen molar-refractivity contribution in [1.29, 1.82) is 0 Å². The topological polar surface area (TPSA) is 70.6 Å². The number of nitrogens with one attached hydrogen (secondary N) is 2. The second kappa shape index (κ2) is 8.14. The Labute approximate surface area is 140 Å². The van der Waals surface area contributed by atoms with Gasteiger partial charge in [-0.25, -0.2) is 0 Å². The average Bonchev–Trinajstić information content (AvgIpc) is 2.55. The third-order valence-electron chi connectivity index (χ3n) is 3.11. The van der Waals surface area contributed by atoms with Crippen molar-refractivity contribution in [2.75, 3.05) is 11.9 Å². The lowest BCUT2D eigenvalue weighted by molar-refractivity contribution is -0.121. The number of phenols is 1. The molecule has 0 atom stereocenters. The Morgan fingerprint density at radius 3 is 2.52 bits per heavy atom. The van der Waals surface area contributed by atoms with E-state index in [1.165, 1.54) is 11.6 Å². The largest absolute Gasteiger partial charge is 0.506 e. The molecule has 23 heavy (non-hydrogen) atoms. The molecule has 0 saturated carbocycles. The van der Waals surface area contributed by atoms with Crippen molar-refractivity contribution >= 4 is 28.9 Å². The van der Waals surface area contributed by atoms with Crippen LogP contribution in [0.4, 0.5) is 5.69 Å². The number of benzene rings is 2. The van der Waals surface area contributed by atoms with Crippen LogP contribution in [-0.2, 0) is 11.2 Å². The van der Waals surface area contributed by atoms with Crippen LogP contribution in [0.5, 0.6) is 11.5 Å². The number of para-hydroxylation sites is 2. The van der Waals surface area contributed by atoms with Crippen LogP contribution < -0.4 is 15.4 Å². The smallest absolute Gasteiger partial charge is 0.264 e. The van der Waals surface area contributed by atoms with Crippen LogP contribution >= 0.6 is 12.2 Å². The van der Waals surface area contributed by atoms with E-state index in [9.17, 15) is 9.90 Å². The SMILES string of the molecule is CCc1ccc(OCC(=O)NC(=S)Nc2ccccc2O)cc1. The average molecular weight is 330 g/mol. The van der Waals surface area contributed by atoms with Crippen LogP contribution in [0.2, 0.25) is 0 Å². The second-order valence-corrected chi connectivity index (χ2v) is 5.21. The minimum atomic E-state index is -0.377. The van der Waals surface area contributed by atoms with Crippen molar-refractivity contribution < 1.29 is 14.6 Å². The van der Waals surface area contributed by atoms with E-state index in [4.69, 9.17) is 17.0 Å². The molecule has 2 aromatic rings. The molecule has 1 amide bonds. The predicted molar refractivity (Wildman–Crippen MR) is 93.8 cm³/mol. The summed E-state index contributed by atoms with van der Waals surface area (Å²) in [5, 5.41) is 15.0. The Balaban J connectivity index is 1.79. The van der Waals surface area contributed by atoms with E-state index < -0.39 is 0 Å². The number of rotatable bonds is 5. The van der Waals surface area contributed by atoms with E-state index in [1.807, 2.05) is 24.3 Å². The minimum absolute atomic E-state index is 0.0522. The summed E-state index contributed by atoms with van der Waals surface area (Å²) in [6.45, 7) is 1.93. The summed E-state index contributed by atoms with van der Waals surface area (Å²) < 4.78 is 5.39. The van der Waals surface area contributed by atoms with Crippen molar-refractivity contribution in [2.45, 2.75) is 13.3 Å². The zero-order valence-corrected chi connectivity index (χ0v) is 13.5. The highest BCUT2D eigenvalue weighted by Gasteiger charge is 2.07. The highest BCUT2D eigenvalue weighted by atomic mass is 32.1. The number of amides is 1. The summed E-state index contributed by atoms with van der Waals surface area (Å²) in [5.41, 5.74) is 1.63. The maximum atomic E-state index is 11.8. The van der Waals surface area contributed by atoms with Gasteiger partial charge in [-0.05, 0) is 48.5 Å². The van der Waals surface area contributed by atoms with E-state index in [0.717, 1.165) is 6.42 Å². The van der Waals surface area contributed by atoms with Gasteiger partial charge in [-0.3, -0.25) is 10.1 Å². The number of ether oxygens (including phenoxy) is 1. The number of anilines is 1. The van der Waals surface area contributed by atoms with Crippen molar-refractivity contribution in [1.82, 2.24) is 5.32 Å². The van der Waals surface area contributed by atoms with Gasteiger partial charge in [0.15, 0.2) is 11.7 Å². The van der Waals surface area contributed by atoms with Crippen molar-refractivity contribution in [2.24, 2.45) is 0 Å². The summed E-state index contributed by atoms with van der Waals surface area (Å²) in [7, 11) is 0. The lowest BCUT2D eigenvalue weighted by Crippen LogP contribution is -2.37. The number of hydrogen-bond acceptors (Lipinski definition) is 4. The van der Waals surface area contributed by atoms with Gasteiger partial charge in [-0.2, -0.15) is 0 Å². The molecule has 0 aromatic heterocycles. The predicted octanol–water partition coefficient (Wildman–Crippen LogP) is 2.85. The highest BCUT2D eigenvalue weighted by molar-refractivity contribution is 7.80. The highest BCUT2D eigenvalue weighted by Crippen LogP contribution is 2.21. The van der Waals surface area contributed by atoms with Crippen LogP contribution in [0.15, 0.2) is 48.5 Å². The van der Waals surface area contributed by atoms with E-state index >= 15 is 0 Å².